The van der Waals surface area contributed by atoms with E-state index in [0.29, 0.717) is 23.5 Å². The highest BCUT2D eigenvalue weighted by Crippen LogP contribution is 2.17. The minimum atomic E-state index is -0.693. The van der Waals surface area contributed by atoms with Gasteiger partial charge in [0.05, 0.1) is 4.88 Å². The summed E-state index contributed by atoms with van der Waals surface area (Å²) in [6.45, 7) is 1.87. The summed E-state index contributed by atoms with van der Waals surface area (Å²) in [6.07, 6.45) is 0.586. The van der Waals surface area contributed by atoms with Crippen molar-refractivity contribution in [2.24, 2.45) is 0 Å². The first-order chi connectivity index (χ1) is 10.6. The number of nitrogens with one attached hydrogen (secondary N) is 2. The number of anilines is 1. The summed E-state index contributed by atoms with van der Waals surface area (Å²) in [4.78, 5) is 36.2. The van der Waals surface area contributed by atoms with Crippen molar-refractivity contribution >= 4 is 34.6 Å². The smallest absolute Gasteiger partial charge is 0.313 e. The number of hydrogen-bond acceptors (Lipinski definition) is 4. The van der Waals surface area contributed by atoms with Crippen LogP contribution >= 0.6 is 11.3 Å². The van der Waals surface area contributed by atoms with Crippen molar-refractivity contribution in [2.45, 2.75) is 13.3 Å². The van der Waals surface area contributed by atoms with Crippen LogP contribution < -0.4 is 10.6 Å². The fourth-order valence-corrected chi connectivity index (χ4v) is 2.69. The molecule has 5 nitrogen and oxygen atoms in total. The first kappa shape index (κ1) is 15.9. The molecule has 2 aromatic rings. The summed E-state index contributed by atoms with van der Waals surface area (Å²) in [5.74, 6) is -1.34. The lowest BCUT2D eigenvalue weighted by atomic mass is 10.3. The van der Waals surface area contributed by atoms with Crippen LogP contribution in [0.4, 0.5) is 5.69 Å². The lowest BCUT2D eigenvalue weighted by molar-refractivity contribution is -0.136. The third-order valence-electron chi connectivity index (χ3n) is 2.90. The van der Waals surface area contributed by atoms with Gasteiger partial charge in [-0.25, -0.2) is 0 Å². The Hall–Kier alpha value is -2.47. The predicted molar refractivity (Wildman–Crippen MR) is 86.1 cm³/mol. The monoisotopic (exact) mass is 316 g/mol. The fourth-order valence-electron chi connectivity index (χ4n) is 1.79. The van der Waals surface area contributed by atoms with E-state index in [1.54, 1.807) is 30.3 Å². The zero-order chi connectivity index (χ0) is 15.9. The zero-order valence-corrected chi connectivity index (χ0v) is 12.9. The molecule has 0 aliphatic heterocycles. The molecule has 0 atom stereocenters. The maximum Gasteiger partial charge on any atom is 0.313 e. The Bertz CT molecular complexity index is 680. The van der Waals surface area contributed by atoms with E-state index < -0.39 is 11.8 Å². The number of rotatable bonds is 5. The van der Waals surface area contributed by atoms with Gasteiger partial charge in [0, 0.05) is 17.1 Å². The van der Waals surface area contributed by atoms with Crippen LogP contribution in [0.5, 0.6) is 0 Å². The first-order valence-electron chi connectivity index (χ1n) is 6.80. The molecule has 0 unspecified atom stereocenters. The molecule has 2 amide bonds. The van der Waals surface area contributed by atoms with E-state index in [1.807, 2.05) is 12.1 Å². The number of ketones is 1. The molecule has 1 aromatic heterocycles. The number of amides is 2. The molecule has 22 heavy (non-hydrogen) atoms. The molecule has 0 radical (unpaired) electrons. The van der Waals surface area contributed by atoms with Crippen LogP contribution in [0.3, 0.4) is 0 Å². The van der Waals surface area contributed by atoms with Gasteiger partial charge >= 0.3 is 11.8 Å². The molecule has 2 rings (SSSR count). The molecule has 0 aliphatic rings. The molecule has 1 heterocycles. The molecule has 0 bridgehead atoms. The van der Waals surface area contributed by atoms with Gasteiger partial charge in [0.15, 0.2) is 5.78 Å². The van der Waals surface area contributed by atoms with Gasteiger partial charge in [-0.1, -0.05) is 18.2 Å². The van der Waals surface area contributed by atoms with Gasteiger partial charge in [-0.15, -0.1) is 11.3 Å². The Morgan fingerprint density at radius 1 is 1.00 bits per heavy atom. The van der Waals surface area contributed by atoms with Crippen molar-refractivity contribution < 1.29 is 14.4 Å². The van der Waals surface area contributed by atoms with Crippen LogP contribution in [0.15, 0.2) is 42.5 Å². The minimum absolute atomic E-state index is 0.0301. The second-order valence-electron chi connectivity index (χ2n) is 4.65. The Kier molecular flexibility index (Phi) is 5.43. The maximum atomic E-state index is 11.7. The van der Waals surface area contributed by atoms with Crippen LogP contribution in [-0.4, -0.2) is 24.1 Å². The van der Waals surface area contributed by atoms with Gasteiger partial charge < -0.3 is 10.6 Å². The summed E-state index contributed by atoms with van der Waals surface area (Å²) < 4.78 is 0. The SMILES string of the molecule is CC(=O)c1ccc(CCNC(=O)C(=O)Nc2ccccc2)s1. The summed E-state index contributed by atoms with van der Waals surface area (Å²) >= 11 is 1.40. The number of carbonyl (C=O) groups excluding carboxylic acids is 3. The standard InChI is InChI=1S/C16H16N2O3S/c1-11(19)14-8-7-13(22-14)9-10-17-15(20)16(21)18-12-5-3-2-4-6-12/h2-8H,9-10H2,1H3,(H,17,20)(H,18,21). The molecular weight excluding hydrogens is 300 g/mol. The number of benzene rings is 1. The van der Waals surface area contributed by atoms with Crippen molar-refractivity contribution in [1.82, 2.24) is 5.32 Å². The van der Waals surface area contributed by atoms with Gasteiger partial charge in [-0.3, -0.25) is 14.4 Å². The molecule has 0 spiro atoms. The van der Waals surface area contributed by atoms with Crippen LogP contribution in [0.25, 0.3) is 0 Å². The number of Topliss-reactive ketones (excluding diaryl/α,β-unsaturated/α-hetero) is 1. The summed E-state index contributed by atoms with van der Waals surface area (Å²) in [5, 5.41) is 5.08. The van der Waals surface area contributed by atoms with Crippen molar-refractivity contribution in [3.8, 4) is 0 Å². The lowest BCUT2D eigenvalue weighted by Gasteiger charge is -2.05. The van der Waals surface area contributed by atoms with E-state index in [-0.39, 0.29) is 5.78 Å². The number of carbonyl (C=O) groups is 3. The molecule has 6 heteroatoms. The quantitative estimate of drug-likeness (QED) is 0.656. The van der Waals surface area contributed by atoms with Crippen molar-refractivity contribution in [3.63, 3.8) is 0 Å². The topological polar surface area (TPSA) is 75.3 Å². The summed E-state index contributed by atoms with van der Waals surface area (Å²) in [5.41, 5.74) is 0.576. The van der Waals surface area contributed by atoms with Crippen molar-refractivity contribution in [2.75, 3.05) is 11.9 Å². The van der Waals surface area contributed by atoms with E-state index in [2.05, 4.69) is 10.6 Å². The second-order valence-corrected chi connectivity index (χ2v) is 5.82. The summed E-state index contributed by atoms with van der Waals surface area (Å²) in [6, 6.07) is 12.4. The average Bonchev–Trinajstić information content (AvgIpc) is 2.97. The molecule has 114 valence electrons. The molecule has 0 saturated heterocycles. The Labute approximate surface area is 132 Å². The van der Waals surface area contributed by atoms with Crippen LogP contribution in [0, 0.1) is 0 Å². The Balaban J connectivity index is 1.77. The van der Waals surface area contributed by atoms with Gasteiger partial charge in [0.1, 0.15) is 0 Å². The normalized spacial score (nSPS) is 10.0. The minimum Gasteiger partial charge on any atom is -0.347 e. The maximum absolute atomic E-state index is 11.7. The Morgan fingerprint density at radius 3 is 2.36 bits per heavy atom. The fraction of sp³-hybridized carbons (Fsp3) is 0.188. The van der Waals surface area contributed by atoms with Gasteiger partial charge in [0.2, 0.25) is 0 Å². The van der Waals surface area contributed by atoms with Crippen LogP contribution in [-0.2, 0) is 16.0 Å². The number of para-hydroxylation sites is 1. The van der Waals surface area contributed by atoms with Gasteiger partial charge in [0.25, 0.3) is 0 Å². The zero-order valence-electron chi connectivity index (χ0n) is 12.1. The Morgan fingerprint density at radius 2 is 1.73 bits per heavy atom. The van der Waals surface area contributed by atoms with E-state index in [4.69, 9.17) is 0 Å². The van der Waals surface area contributed by atoms with E-state index in [1.165, 1.54) is 18.3 Å². The van der Waals surface area contributed by atoms with Gasteiger partial charge in [-0.2, -0.15) is 0 Å². The first-order valence-corrected chi connectivity index (χ1v) is 7.62. The van der Waals surface area contributed by atoms with Crippen molar-refractivity contribution in [1.29, 1.82) is 0 Å². The number of thiophene rings is 1. The lowest BCUT2D eigenvalue weighted by Crippen LogP contribution is -2.36. The molecule has 0 saturated carbocycles. The number of hydrogen-bond donors (Lipinski definition) is 2. The molecule has 1 aromatic carbocycles. The van der Waals surface area contributed by atoms with Gasteiger partial charge in [-0.05, 0) is 37.6 Å². The molecule has 0 aliphatic carbocycles. The van der Waals surface area contributed by atoms with E-state index >= 15 is 0 Å². The van der Waals surface area contributed by atoms with E-state index in [9.17, 15) is 14.4 Å². The highest BCUT2D eigenvalue weighted by atomic mass is 32.1. The third-order valence-corrected chi connectivity index (χ3v) is 4.15. The predicted octanol–water partition coefficient (Wildman–Crippen LogP) is 2.25. The third kappa shape index (κ3) is 4.53. The van der Waals surface area contributed by atoms with Crippen molar-refractivity contribution in [3.05, 3.63) is 52.2 Å². The average molecular weight is 316 g/mol. The largest absolute Gasteiger partial charge is 0.347 e. The highest BCUT2D eigenvalue weighted by Gasteiger charge is 2.13. The molecule has 2 N–H and O–H groups in total. The van der Waals surface area contributed by atoms with E-state index in [0.717, 1.165) is 4.88 Å². The summed E-state index contributed by atoms with van der Waals surface area (Å²) in [7, 11) is 0. The molecular formula is C16H16N2O3S. The van der Waals surface area contributed by atoms with Crippen LogP contribution in [0.1, 0.15) is 21.5 Å². The molecule has 0 fully saturated rings. The van der Waals surface area contributed by atoms with Crippen LogP contribution in [0.2, 0.25) is 0 Å². The highest BCUT2D eigenvalue weighted by molar-refractivity contribution is 7.14. The second kappa shape index (κ2) is 7.51.